The molecule has 0 radical (unpaired) electrons. The maximum Gasteiger partial charge on any atom is 0.0205 e. The first kappa shape index (κ1) is 13.1. The van der Waals surface area contributed by atoms with Crippen LogP contribution in [0.1, 0.15) is 17.5 Å². The number of hydrogen-bond donors (Lipinski definition) is 1. The van der Waals surface area contributed by atoms with Gasteiger partial charge >= 0.3 is 0 Å². The highest BCUT2D eigenvalue weighted by Crippen LogP contribution is 2.17. The number of rotatable bonds is 4. The van der Waals surface area contributed by atoms with Gasteiger partial charge in [-0.1, -0.05) is 28.1 Å². The smallest absolute Gasteiger partial charge is 0.0205 e. The van der Waals surface area contributed by atoms with E-state index in [2.05, 4.69) is 58.3 Å². The Morgan fingerprint density at radius 1 is 1.47 bits per heavy atom. The van der Waals surface area contributed by atoms with Gasteiger partial charge in [0.25, 0.3) is 0 Å². The average molecular weight is 297 g/mol. The first-order chi connectivity index (χ1) is 8.15. The van der Waals surface area contributed by atoms with Gasteiger partial charge in [-0.05, 0) is 56.6 Å². The van der Waals surface area contributed by atoms with E-state index in [0.29, 0.717) is 0 Å². The van der Waals surface area contributed by atoms with Crippen LogP contribution < -0.4 is 5.32 Å². The molecule has 1 aromatic carbocycles. The SMILES string of the molecule is Cc1cc(CNCC2CCN(C)C2)ccc1Br. The third-order valence-electron chi connectivity index (χ3n) is 3.47. The highest BCUT2D eigenvalue weighted by Gasteiger charge is 2.18. The number of halogens is 1. The molecule has 2 nitrogen and oxygen atoms in total. The Balaban J connectivity index is 1.76. The summed E-state index contributed by atoms with van der Waals surface area (Å²) in [7, 11) is 2.21. The fourth-order valence-electron chi connectivity index (χ4n) is 2.43. The Morgan fingerprint density at radius 2 is 2.29 bits per heavy atom. The molecule has 1 unspecified atom stereocenters. The quantitative estimate of drug-likeness (QED) is 0.919. The minimum absolute atomic E-state index is 0.830. The summed E-state index contributed by atoms with van der Waals surface area (Å²) in [6.07, 6.45) is 1.34. The molecule has 1 saturated heterocycles. The van der Waals surface area contributed by atoms with Crippen molar-refractivity contribution in [3.63, 3.8) is 0 Å². The lowest BCUT2D eigenvalue weighted by atomic mass is 10.1. The highest BCUT2D eigenvalue weighted by atomic mass is 79.9. The normalized spacial score (nSPS) is 21.0. The maximum atomic E-state index is 3.57. The van der Waals surface area contributed by atoms with Crippen LogP contribution in [0.4, 0.5) is 0 Å². The van der Waals surface area contributed by atoms with Gasteiger partial charge in [-0.2, -0.15) is 0 Å². The molecule has 3 heteroatoms. The van der Waals surface area contributed by atoms with Crippen LogP contribution in [0.15, 0.2) is 22.7 Å². The Kier molecular flexibility index (Phi) is 4.60. The molecule has 17 heavy (non-hydrogen) atoms. The van der Waals surface area contributed by atoms with Crippen LogP contribution in [0.3, 0.4) is 0 Å². The van der Waals surface area contributed by atoms with Gasteiger partial charge < -0.3 is 10.2 Å². The van der Waals surface area contributed by atoms with Crippen LogP contribution in [0.2, 0.25) is 0 Å². The van der Waals surface area contributed by atoms with E-state index in [1.165, 1.54) is 35.1 Å². The summed E-state index contributed by atoms with van der Waals surface area (Å²) in [4.78, 5) is 2.41. The topological polar surface area (TPSA) is 15.3 Å². The second kappa shape index (κ2) is 5.98. The monoisotopic (exact) mass is 296 g/mol. The molecular formula is C14H21BrN2. The Morgan fingerprint density at radius 3 is 2.94 bits per heavy atom. The van der Waals surface area contributed by atoms with E-state index in [1.807, 2.05) is 0 Å². The minimum atomic E-state index is 0.830. The zero-order valence-corrected chi connectivity index (χ0v) is 12.3. The minimum Gasteiger partial charge on any atom is -0.312 e. The molecule has 1 aliphatic rings. The van der Waals surface area contributed by atoms with Gasteiger partial charge in [0.05, 0.1) is 0 Å². The first-order valence-electron chi connectivity index (χ1n) is 6.29. The van der Waals surface area contributed by atoms with Crippen molar-refractivity contribution in [1.82, 2.24) is 10.2 Å². The van der Waals surface area contributed by atoms with Gasteiger partial charge in [0.2, 0.25) is 0 Å². The number of likely N-dealkylation sites (tertiary alicyclic amines) is 1. The lowest BCUT2D eigenvalue weighted by Gasteiger charge is -2.12. The Hall–Kier alpha value is -0.380. The van der Waals surface area contributed by atoms with Crippen LogP contribution in [-0.4, -0.2) is 31.6 Å². The standard InChI is InChI=1S/C14H21BrN2/c1-11-7-12(3-4-14(11)15)8-16-9-13-5-6-17(2)10-13/h3-4,7,13,16H,5-6,8-10H2,1-2H3. The van der Waals surface area contributed by atoms with Gasteiger partial charge in [-0.3, -0.25) is 0 Å². The molecule has 1 atom stereocenters. The number of benzene rings is 1. The van der Waals surface area contributed by atoms with E-state index in [-0.39, 0.29) is 0 Å². The molecule has 0 saturated carbocycles. The van der Waals surface area contributed by atoms with Crippen LogP contribution in [0.5, 0.6) is 0 Å². The lowest BCUT2D eigenvalue weighted by Crippen LogP contribution is -2.24. The first-order valence-corrected chi connectivity index (χ1v) is 7.09. The van der Waals surface area contributed by atoms with Gasteiger partial charge in [-0.15, -0.1) is 0 Å². The van der Waals surface area contributed by atoms with Crippen LogP contribution >= 0.6 is 15.9 Å². The van der Waals surface area contributed by atoms with Crippen molar-refractivity contribution < 1.29 is 0 Å². The summed E-state index contributed by atoms with van der Waals surface area (Å²) >= 11 is 3.53. The fourth-order valence-corrected chi connectivity index (χ4v) is 2.68. The van der Waals surface area contributed by atoms with Crippen LogP contribution in [0, 0.1) is 12.8 Å². The van der Waals surface area contributed by atoms with Crippen molar-refractivity contribution in [1.29, 1.82) is 0 Å². The molecule has 2 rings (SSSR count). The predicted octanol–water partition coefficient (Wildman–Crippen LogP) is 2.80. The van der Waals surface area contributed by atoms with Gasteiger partial charge in [0.15, 0.2) is 0 Å². The van der Waals surface area contributed by atoms with Crippen molar-refractivity contribution in [2.75, 3.05) is 26.7 Å². The second-order valence-corrected chi connectivity index (χ2v) is 5.99. The molecular weight excluding hydrogens is 276 g/mol. The van der Waals surface area contributed by atoms with E-state index < -0.39 is 0 Å². The van der Waals surface area contributed by atoms with Gasteiger partial charge in [0.1, 0.15) is 0 Å². The summed E-state index contributed by atoms with van der Waals surface area (Å²) in [5.74, 6) is 0.830. The number of hydrogen-bond acceptors (Lipinski definition) is 2. The average Bonchev–Trinajstić information content (AvgIpc) is 2.70. The Labute approximate surface area is 113 Å². The summed E-state index contributed by atoms with van der Waals surface area (Å²) in [5.41, 5.74) is 2.68. The van der Waals surface area contributed by atoms with E-state index in [9.17, 15) is 0 Å². The molecule has 0 aliphatic carbocycles. The molecule has 0 amide bonds. The van der Waals surface area contributed by atoms with Crippen molar-refractivity contribution in [3.8, 4) is 0 Å². The van der Waals surface area contributed by atoms with E-state index >= 15 is 0 Å². The number of nitrogens with one attached hydrogen (secondary N) is 1. The summed E-state index contributed by atoms with van der Waals surface area (Å²) in [6, 6.07) is 6.57. The van der Waals surface area contributed by atoms with Gasteiger partial charge in [0, 0.05) is 17.6 Å². The number of aryl methyl sites for hydroxylation is 1. The van der Waals surface area contributed by atoms with E-state index in [4.69, 9.17) is 0 Å². The van der Waals surface area contributed by atoms with Gasteiger partial charge in [-0.25, -0.2) is 0 Å². The zero-order chi connectivity index (χ0) is 12.3. The van der Waals surface area contributed by atoms with E-state index in [1.54, 1.807) is 0 Å². The summed E-state index contributed by atoms with van der Waals surface area (Å²) in [5, 5.41) is 3.57. The van der Waals surface area contributed by atoms with E-state index in [0.717, 1.165) is 19.0 Å². The molecule has 0 aromatic heterocycles. The third-order valence-corrected chi connectivity index (χ3v) is 4.36. The van der Waals surface area contributed by atoms with Crippen molar-refractivity contribution >= 4 is 15.9 Å². The van der Waals surface area contributed by atoms with Crippen molar-refractivity contribution in [2.45, 2.75) is 19.9 Å². The third kappa shape index (κ3) is 3.80. The highest BCUT2D eigenvalue weighted by molar-refractivity contribution is 9.10. The van der Waals surface area contributed by atoms with Crippen LogP contribution in [0.25, 0.3) is 0 Å². The Bertz CT molecular complexity index is 378. The summed E-state index contributed by atoms with van der Waals surface area (Å²) in [6.45, 7) is 6.75. The van der Waals surface area contributed by atoms with Crippen LogP contribution in [-0.2, 0) is 6.54 Å². The zero-order valence-electron chi connectivity index (χ0n) is 10.7. The fraction of sp³-hybridized carbons (Fsp3) is 0.571. The molecule has 1 aromatic rings. The molecule has 1 fully saturated rings. The largest absolute Gasteiger partial charge is 0.312 e. The molecule has 1 heterocycles. The molecule has 1 N–H and O–H groups in total. The summed E-state index contributed by atoms with van der Waals surface area (Å²) < 4.78 is 1.19. The molecule has 1 aliphatic heterocycles. The second-order valence-electron chi connectivity index (χ2n) is 5.13. The predicted molar refractivity (Wildman–Crippen MR) is 76.2 cm³/mol. The number of nitrogens with zero attached hydrogens (tertiary/aromatic N) is 1. The lowest BCUT2D eigenvalue weighted by molar-refractivity contribution is 0.388. The maximum absolute atomic E-state index is 3.57. The molecule has 0 bridgehead atoms. The van der Waals surface area contributed by atoms with Crippen molar-refractivity contribution in [3.05, 3.63) is 33.8 Å². The molecule has 94 valence electrons. The molecule has 0 spiro atoms. The van der Waals surface area contributed by atoms with Crippen molar-refractivity contribution in [2.24, 2.45) is 5.92 Å².